The number of rotatable bonds is 4. The number of hydrogen-bond acceptors (Lipinski definition) is 4. The van der Waals surface area contributed by atoms with Crippen molar-refractivity contribution in [2.24, 2.45) is 5.92 Å². The molecule has 2 N–H and O–H groups in total. The molecule has 0 spiro atoms. The van der Waals surface area contributed by atoms with Gasteiger partial charge in [-0.25, -0.2) is 5.06 Å². The quantitative estimate of drug-likeness (QED) is 0.853. The number of amides is 1. The molecular weight excluding hydrogens is 330 g/mol. The lowest BCUT2D eigenvalue weighted by molar-refractivity contribution is -0.162. The second kappa shape index (κ2) is 7.20. The third-order valence-electron chi connectivity index (χ3n) is 4.87. The van der Waals surface area contributed by atoms with E-state index in [0.29, 0.717) is 12.1 Å². The van der Waals surface area contributed by atoms with E-state index in [4.69, 9.17) is 4.84 Å². The zero-order valence-corrected chi connectivity index (χ0v) is 17.1. The summed E-state index contributed by atoms with van der Waals surface area (Å²) in [6.07, 6.45) is -0.164. The molecule has 1 aromatic carbocycles. The van der Waals surface area contributed by atoms with Crippen LogP contribution in [0, 0.1) is 5.92 Å². The van der Waals surface area contributed by atoms with E-state index in [2.05, 4.69) is 0 Å². The summed E-state index contributed by atoms with van der Waals surface area (Å²) in [5, 5.41) is 23.1. The smallest absolute Gasteiger partial charge is 0.254 e. The van der Waals surface area contributed by atoms with Crippen LogP contribution in [0.15, 0.2) is 12.1 Å². The first-order valence-electron chi connectivity index (χ1n) is 9.38. The maximum absolute atomic E-state index is 12.5. The van der Waals surface area contributed by atoms with Crippen molar-refractivity contribution in [3.8, 4) is 5.75 Å². The second-order valence-electron chi connectivity index (χ2n) is 9.25. The van der Waals surface area contributed by atoms with Gasteiger partial charge in [0.15, 0.2) is 0 Å². The zero-order chi connectivity index (χ0) is 19.9. The first-order chi connectivity index (χ1) is 11.9. The molecule has 0 aromatic heterocycles. The summed E-state index contributed by atoms with van der Waals surface area (Å²) in [4.78, 5) is 18.0. The predicted molar refractivity (Wildman–Crippen MR) is 102 cm³/mol. The number of phenolic OH excluding ortho intramolecular Hbond substituents is 1. The highest BCUT2D eigenvalue weighted by molar-refractivity contribution is 5.80. The fourth-order valence-corrected chi connectivity index (χ4v) is 3.30. The van der Waals surface area contributed by atoms with Gasteiger partial charge in [0, 0.05) is 6.54 Å². The molecule has 0 aliphatic carbocycles. The maximum Gasteiger partial charge on any atom is 0.254 e. The van der Waals surface area contributed by atoms with E-state index in [9.17, 15) is 15.0 Å². The van der Waals surface area contributed by atoms with Crippen molar-refractivity contribution >= 4 is 5.91 Å². The molecule has 2 rings (SSSR count). The predicted octanol–water partition coefficient (Wildman–Crippen LogP) is 3.82. The van der Waals surface area contributed by atoms with Crippen molar-refractivity contribution in [3.63, 3.8) is 0 Å². The molecule has 1 amide bonds. The Kier molecular flexibility index (Phi) is 5.74. The fourth-order valence-electron chi connectivity index (χ4n) is 3.30. The fraction of sp³-hybridized carbons (Fsp3) is 0.667. The summed E-state index contributed by atoms with van der Waals surface area (Å²) >= 11 is 0. The zero-order valence-electron chi connectivity index (χ0n) is 17.1. The van der Waals surface area contributed by atoms with E-state index in [1.54, 1.807) is 0 Å². The normalized spacial score (nSPS) is 19.9. The average Bonchev–Trinajstić information content (AvgIpc) is 2.86. The molecule has 1 fully saturated rings. The third-order valence-corrected chi connectivity index (χ3v) is 4.87. The molecule has 0 saturated carbocycles. The highest BCUT2D eigenvalue weighted by atomic mass is 16.7. The third kappa shape index (κ3) is 4.04. The van der Waals surface area contributed by atoms with Crippen LogP contribution in [-0.2, 0) is 20.5 Å². The Morgan fingerprint density at radius 3 is 2.08 bits per heavy atom. The molecule has 2 atom stereocenters. The first kappa shape index (κ1) is 20.7. The van der Waals surface area contributed by atoms with Crippen molar-refractivity contribution in [3.05, 3.63) is 28.8 Å². The second-order valence-corrected chi connectivity index (χ2v) is 9.25. The Morgan fingerprint density at radius 1 is 1.15 bits per heavy atom. The summed E-state index contributed by atoms with van der Waals surface area (Å²) < 4.78 is 0. The van der Waals surface area contributed by atoms with Gasteiger partial charge in [-0.05, 0) is 46.1 Å². The minimum atomic E-state index is -0.966. The Bertz CT molecular complexity index is 635. The number of aliphatic hydroxyl groups excluding tert-OH is 1. The van der Waals surface area contributed by atoms with Crippen LogP contribution in [-0.4, -0.2) is 34.3 Å². The number of hydrogen-bond donors (Lipinski definition) is 2. The van der Waals surface area contributed by atoms with Crippen LogP contribution in [0.4, 0.5) is 0 Å². The molecule has 26 heavy (non-hydrogen) atoms. The number of hydroxylamine groups is 2. The van der Waals surface area contributed by atoms with Crippen LogP contribution in [0.3, 0.4) is 0 Å². The number of phenols is 1. The Morgan fingerprint density at radius 2 is 1.65 bits per heavy atom. The maximum atomic E-state index is 12.5. The molecule has 1 heterocycles. The molecule has 1 aliphatic rings. The van der Waals surface area contributed by atoms with Crippen LogP contribution >= 0.6 is 0 Å². The molecule has 0 bridgehead atoms. The van der Waals surface area contributed by atoms with Crippen LogP contribution in [0.5, 0.6) is 5.75 Å². The summed E-state index contributed by atoms with van der Waals surface area (Å²) in [5.74, 6) is -0.531. The summed E-state index contributed by atoms with van der Waals surface area (Å²) in [6, 6.07) is 3.65. The number of aromatic hydroxyl groups is 1. The molecular formula is C21H33NO4. The first-order valence-corrected chi connectivity index (χ1v) is 9.38. The van der Waals surface area contributed by atoms with Gasteiger partial charge >= 0.3 is 0 Å². The standard InChI is InChI=1S/C21H33NO4/c1-8-9-22-19(25)14(12-26-22)17(23)13-10-15(20(2,3)4)18(24)16(11-13)21(5,6)7/h10-11,14,17,23-24H,8-9,12H2,1-7H3. The van der Waals surface area contributed by atoms with Gasteiger partial charge in [0.25, 0.3) is 5.91 Å². The summed E-state index contributed by atoms with van der Waals surface area (Å²) in [5.41, 5.74) is 1.62. The van der Waals surface area contributed by atoms with Gasteiger partial charge in [0.1, 0.15) is 5.75 Å². The van der Waals surface area contributed by atoms with Crippen molar-refractivity contribution in [1.82, 2.24) is 5.06 Å². The monoisotopic (exact) mass is 363 g/mol. The molecule has 2 unspecified atom stereocenters. The van der Waals surface area contributed by atoms with Crippen molar-refractivity contribution < 1.29 is 19.8 Å². The van der Waals surface area contributed by atoms with Crippen LogP contribution < -0.4 is 0 Å². The number of carbonyl (C=O) groups is 1. The lowest BCUT2D eigenvalue weighted by atomic mass is 9.77. The molecule has 1 aromatic rings. The molecule has 1 saturated heterocycles. The van der Waals surface area contributed by atoms with E-state index < -0.39 is 12.0 Å². The van der Waals surface area contributed by atoms with Gasteiger partial charge in [-0.2, -0.15) is 0 Å². The Balaban J connectivity index is 2.47. The van der Waals surface area contributed by atoms with Gasteiger partial charge in [0.2, 0.25) is 0 Å². The molecule has 5 nitrogen and oxygen atoms in total. The minimum Gasteiger partial charge on any atom is -0.507 e. The number of nitrogens with zero attached hydrogens (tertiary/aromatic N) is 1. The van der Waals surface area contributed by atoms with Gasteiger partial charge in [-0.1, -0.05) is 48.5 Å². The van der Waals surface area contributed by atoms with Gasteiger partial charge in [-0.15, -0.1) is 0 Å². The molecule has 5 heteroatoms. The van der Waals surface area contributed by atoms with Crippen molar-refractivity contribution in [1.29, 1.82) is 0 Å². The Labute approximate surface area is 156 Å². The van der Waals surface area contributed by atoms with E-state index in [1.165, 1.54) is 5.06 Å². The average molecular weight is 363 g/mol. The van der Waals surface area contributed by atoms with Gasteiger partial charge < -0.3 is 10.2 Å². The topological polar surface area (TPSA) is 70.0 Å². The lowest BCUT2D eigenvalue weighted by Gasteiger charge is -2.29. The largest absolute Gasteiger partial charge is 0.507 e. The van der Waals surface area contributed by atoms with Crippen LogP contribution in [0.1, 0.15) is 77.7 Å². The summed E-state index contributed by atoms with van der Waals surface area (Å²) in [6.45, 7) is 14.8. The number of aliphatic hydroxyl groups is 1. The van der Waals surface area contributed by atoms with Crippen LogP contribution in [0.2, 0.25) is 0 Å². The SMILES string of the molecule is CCCN1OCC(C(O)c2cc(C(C)(C)C)c(O)c(C(C)(C)C)c2)C1=O. The molecule has 146 valence electrons. The number of benzene rings is 1. The molecule has 0 radical (unpaired) electrons. The minimum absolute atomic E-state index is 0.177. The molecule has 1 aliphatic heterocycles. The van der Waals surface area contributed by atoms with Crippen molar-refractivity contribution in [2.45, 2.75) is 71.8 Å². The highest BCUT2D eigenvalue weighted by Gasteiger charge is 2.39. The van der Waals surface area contributed by atoms with E-state index >= 15 is 0 Å². The van der Waals surface area contributed by atoms with Gasteiger partial charge in [0.05, 0.1) is 18.6 Å². The van der Waals surface area contributed by atoms with Crippen LogP contribution in [0.25, 0.3) is 0 Å². The highest BCUT2D eigenvalue weighted by Crippen LogP contribution is 2.42. The van der Waals surface area contributed by atoms with E-state index in [-0.39, 0.29) is 29.1 Å². The summed E-state index contributed by atoms with van der Waals surface area (Å²) in [7, 11) is 0. The Hall–Kier alpha value is -1.59. The van der Waals surface area contributed by atoms with Gasteiger partial charge in [-0.3, -0.25) is 9.63 Å². The van der Waals surface area contributed by atoms with E-state index in [0.717, 1.165) is 17.5 Å². The van der Waals surface area contributed by atoms with Crippen molar-refractivity contribution in [2.75, 3.05) is 13.2 Å². The van der Waals surface area contributed by atoms with E-state index in [1.807, 2.05) is 60.6 Å². The number of carbonyl (C=O) groups excluding carboxylic acids is 1. The lowest BCUT2D eigenvalue weighted by Crippen LogP contribution is -2.30.